The number of carbonyl (C=O) groups excluding carboxylic acids is 2. The third-order valence-corrected chi connectivity index (χ3v) is 1.99. The molecule has 0 saturated carbocycles. The highest BCUT2D eigenvalue weighted by Gasteiger charge is 2.18. The fourth-order valence-corrected chi connectivity index (χ4v) is 1.14. The molecule has 0 spiro atoms. The van der Waals surface area contributed by atoms with Gasteiger partial charge >= 0.3 is 12.1 Å². The Hall–Kier alpha value is -2.24. The SMILES string of the molecule is CCOC(=O)C(C)OC(=O)NNc1ccccc1. The van der Waals surface area contributed by atoms with Gasteiger partial charge in [-0.05, 0) is 26.0 Å². The smallest absolute Gasteiger partial charge is 0.426 e. The van der Waals surface area contributed by atoms with E-state index in [9.17, 15) is 9.59 Å². The highest BCUT2D eigenvalue weighted by Crippen LogP contribution is 2.03. The highest BCUT2D eigenvalue weighted by atomic mass is 16.6. The van der Waals surface area contributed by atoms with Crippen LogP contribution in [0.15, 0.2) is 30.3 Å². The van der Waals surface area contributed by atoms with E-state index in [1.807, 2.05) is 18.2 Å². The van der Waals surface area contributed by atoms with Crippen molar-refractivity contribution in [1.29, 1.82) is 0 Å². The number of hydrogen-bond acceptors (Lipinski definition) is 5. The Balaban J connectivity index is 2.31. The van der Waals surface area contributed by atoms with E-state index in [1.54, 1.807) is 19.1 Å². The van der Waals surface area contributed by atoms with Crippen molar-refractivity contribution in [1.82, 2.24) is 5.43 Å². The van der Waals surface area contributed by atoms with Gasteiger partial charge in [0.05, 0.1) is 12.3 Å². The molecule has 6 heteroatoms. The summed E-state index contributed by atoms with van der Waals surface area (Å²) in [5.74, 6) is -0.577. The summed E-state index contributed by atoms with van der Waals surface area (Å²) in [4.78, 5) is 22.5. The van der Waals surface area contributed by atoms with Crippen LogP contribution in [0.5, 0.6) is 0 Å². The molecular formula is C12H16N2O4. The Kier molecular flexibility index (Phi) is 5.50. The summed E-state index contributed by atoms with van der Waals surface area (Å²) in [6, 6.07) is 9.03. The van der Waals surface area contributed by atoms with Crippen LogP contribution in [0.2, 0.25) is 0 Å². The van der Waals surface area contributed by atoms with Crippen molar-refractivity contribution in [2.75, 3.05) is 12.0 Å². The zero-order valence-electron chi connectivity index (χ0n) is 10.3. The zero-order chi connectivity index (χ0) is 13.4. The van der Waals surface area contributed by atoms with Crippen LogP contribution in [0.3, 0.4) is 0 Å². The van der Waals surface area contributed by atoms with Gasteiger partial charge in [0.2, 0.25) is 0 Å². The van der Waals surface area contributed by atoms with Gasteiger partial charge in [-0.3, -0.25) is 5.43 Å². The molecule has 0 aliphatic carbocycles. The summed E-state index contributed by atoms with van der Waals surface area (Å²) in [7, 11) is 0. The second-order valence-corrected chi connectivity index (χ2v) is 3.42. The van der Waals surface area contributed by atoms with E-state index in [-0.39, 0.29) is 6.61 Å². The minimum atomic E-state index is -0.942. The minimum absolute atomic E-state index is 0.246. The molecule has 0 aliphatic rings. The fraction of sp³-hybridized carbons (Fsp3) is 0.333. The predicted octanol–water partition coefficient (Wildman–Crippen LogP) is 1.69. The number of ether oxygens (including phenoxy) is 2. The van der Waals surface area contributed by atoms with Gasteiger partial charge in [0.15, 0.2) is 6.10 Å². The van der Waals surface area contributed by atoms with E-state index >= 15 is 0 Å². The molecule has 1 aromatic carbocycles. The van der Waals surface area contributed by atoms with Crippen LogP contribution in [-0.4, -0.2) is 24.8 Å². The maximum Gasteiger partial charge on any atom is 0.426 e. The molecule has 1 atom stereocenters. The van der Waals surface area contributed by atoms with Gasteiger partial charge in [0.1, 0.15) is 0 Å². The van der Waals surface area contributed by atoms with E-state index in [2.05, 4.69) is 10.9 Å². The summed E-state index contributed by atoms with van der Waals surface area (Å²) < 4.78 is 9.50. The third-order valence-electron chi connectivity index (χ3n) is 1.99. The molecule has 6 nitrogen and oxygen atoms in total. The standard InChI is InChI=1S/C12H16N2O4/c1-3-17-11(15)9(2)18-12(16)14-13-10-7-5-4-6-8-10/h4-9,13H,3H2,1-2H3,(H,14,16). The van der Waals surface area contributed by atoms with Gasteiger partial charge < -0.3 is 9.47 Å². The lowest BCUT2D eigenvalue weighted by molar-refractivity contribution is -0.152. The Bertz CT molecular complexity index is 394. The van der Waals surface area contributed by atoms with Crippen molar-refractivity contribution in [3.8, 4) is 0 Å². The molecule has 2 N–H and O–H groups in total. The van der Waals surface area contributed by atoms with Gasteiger partial charge in [-0.2, -0.15) is 0 Å². The van der Waals surface area contributed by atoms with Gasteiger partial charge in [0, 0.05) is 0 Å². The van der Waals surface area contributed by atoms with Gasteiger partial charge in [-0.1, -0.05) is 18.2 Å². The van der Waals surface area contributed by atoms with E-state index in [0.29, 0.717) is 5.69 Å². The molecule has 0 bridgehead atoms. The number of para-hydroxylation sites is 1. The third kappa shape index (κ3) is 4.73. The number of nitrogens with one attached hydrogen (secondary N) is 2. The Morgan fingerprint density at radius 3 is 2.56 bits per heavy atom. The van der Waals surface area contributed by atoms with Crippen LogP contribution in [0.25, 0.3) is 0 Å². The summed E-state index contributed by atoms with van der Waals surface area (Å²) in [6.07, 6.45) is -1.69. The summed E-state index contributed by atoms with van der Waals surface area (Å²) in [5.41, 5.74) is 5.66. The monoisotopic (exact) mass is 252 g/mol. The minimum Gasteiger partial charge on any atom is -0.463 e. The van der Waals surface area contributed by atoms with Crippen molar-refractivity contribution in [3.05, 3.63) is 30.3 Å². The van der Waals surface area contributed by atoms with Crippen molar-refractivity contribution in [3.63, 3.8) is 0 Å². The van der Waals surface area contributed by atoms with Crippen LogP contribution in [0, 0.1) is 0 Å². The second kappa shape index (κ2) is 7.16. The predicted molar refractivity (Wildman–Crippen MR) is 65.8 cm³/mol. The summed E-state index contributed by atoms with van der Waals surface area (Å²) in [6.45, 7) is 3.37. The number of hydrogen-bond donors (Lipinski definition) is 2. The molecule has 0 saturated heterocycles. The molecule has 0 radical (unpaired) electrons. The first-order valence-electron chi connectivity index (χ1n) is 5.57. The van der Waals surface area contributed by atoms with Crippen molar-refractivity contribution >= 4 is 17.7 Å². The zero-order valence-corrected chi connectivity index (χ0v) is 10.3. The molecule has 1 amide bonds. The van der Waals surface area contributed by atoms with Gasteiger partial charge in [-0.25, -0.2) is 15.0 Å². The summed E-state index contributed by atoms with van der Waals surface area (Å²) >= 11 is 0. The molecule has 0 aromatic heterocycles. The number of benzene rings is 1. The van der Waals surface area contributed by atoms with E-state index in [0.717, 1.165) is 0 Å². The number of hydrazine groups is 1. The van der Waals surface area contributed by atoms with E-state index in [1.165, 1.54) is 6.92 Å². The number of amides is 1. The summed E-state index contributed by atoms with van der Waals surface area (Å²) in [5, 5.41) is 0. The lowest BCUT2D eigenvalue weighted by atomic mass is 10.3. The lowest BCUT2D eigenvalue weighted by Gasteiger charge is -2.13. The molecule has 0 fully saturated rings. The van der Waals surface area contributed by atoms with Crippen LogP contribution >= 0.6 is 0 Å². The first-order chi connectivity index (χ1) is 8.63. The first kappa shape index (κ1) is 13.8. The van der Waals surface area contributed by atoms with Crippen molar-refractivity contribution < 1.29 is 19.1 Å². The fourth-order valence-electron chi connectivity index (χ4n) is 1.14. The maximum atomic E-state index is 11.3. The van der Waals surface area contributed by atoms with Crippen molar-refractivity contribution in [2.45, 2.75) is 20.0 Å². The van der Waals surface area contributed by atoms with Crippen LogP contribution in [0.1, 0.15) is 13.8 Å². The second-order valence-electron chi connectivity index (χ2n) is 3.42. The number of rotatable bonds is 5. The van der Waals surface area contributed by atoms with E-state index in [4.69, 9.17) is 9.47 Å². The molecule has 0 aliphatic heterocycles. The normalized spacial score (nSPS) is 11.2. The highest BCUT2D eigenvalue weighted by molar-refractivity contribution is 5.78. The number of carbonyl (C=O) groups is 2. The molecule has 18 heavy (non-hydrogen) atoms. The Morgan fingerprint density at radius 1 is 1.28 bits per heavy atom. The topological polar surface area (TPSA) is 76.7 Å². The van der Waals surface area contributed by atoms with Gasteiger partial charge in [-0.15, -0.1) is 0 Å². The maximum absolute atomic E-state index is 11.3. The van der Waals surface area contributed by atoms with Crippen molar-refractivity contribution in [2.24, 2.45) is 0 Å². The average Bonchev–Trinajstić information content (AvgIpc) is 2.38. The largest absolute Gasteiger partial charge is 0.463 e. The number of anilines is 1. The Labute approximate surface area is 105 Å². The molecule has 1 rings (SSSR count). The molecule has 1 unspecified atom stereocenters. The first-order valence-corrected chi connectivity index (χ1v) is 5.57. The Morgan fingerprint density at radius 2 is 1.94 bits per heavy atom. The van der Waals surface area contributed by atoms with Crippen LogP contribution in [-0.2, 0) is 14.3 Å². The van der Waals surface area contributed by atoms with Crippen LogP contribution in [0.4, 0.5) is 10.5 Å². The molecule has 98 valence electrons. The van der Waals surface area contributed by atoms with Gasteiger partial charge in [0.25, 0.3) is 0 Å². The average molecular weight is 252 g/mol. The molecule has 0 heterocycles. The van der Waals surface area contributed by atoms with Crippen LogP contribution < -0.4 is 10.9 Å². The lowest BCUT2D eigenvalue weighted by Crippen LogP contribution is -2.35. The van der Waals surface area contributed by atoms with E-state index < -0.39 is 18.2 Å². The quantitative estimate of drug-likeness (QED) is 0.616. The molecule has 1 aromatic rings. The number of esters is 1. The molecular weight excluding hydrogens is 236 g/mol.